The van der Waals surface area contributed by atoms with Gasteiger partial charge < -0.3 is 11.1 Å². The third-order valence-electron chi connectivity index (χ3n) is 2.11. The number of para-hydroxylation sites is 1. The molecule has 0 amide bonds. The summed E-state index contributed by atoms with van der Waals surface area (Å²) in [5.74, 6) is 0.589. The number of hydrogen-bond acceptors (Lipinski definition) is 4. The van der Waals surface area contributed by atoms with E-state index < -0.39 is 0 Å². The molecule has 0 saturated carbocycles. The lowest BCUT2D eigenvalue weighted by molar-refractivity contribution is 1.05. The molecule has 0 aliphatic heterocycles. The zero-order valence-electron chi connectivity index (χ0n) is 8.52. The van der Waals surface area contributed by atoms with E-state index in [9.17, 15) is 0 Å². The van der Waals surface area contributed by atoms with Crippen LogP contribution in [0.1, 0.15) is 5.56 Å². The van der Waals surface area contributed by atoms with Crippen molar-refractivity contribution in [3.8, 4) is 0 Å². The molecule has 16 heavy (non-hydrogen) atoms. The normalized spacial score (nSPS) is 10.1. The molecule has 0 aliphatic rings. The lowest BCUT2D eigenvalue weighted by Crippen LogP contribution is -2.05. The first-order valence-electron chi connectivity index (χ1n) is 4.80. The highest BCUT2D eigenvalue weighted by atomic mass is 79.9. The number of benzene rings is 1. The summed E-state index contributed by atoms with van der Waals surface area (Å²) < 4.78 is 0.859. The lowest BCUT2D eigenvalue weighted by Gasteiger charge is -2.06. The molecule has 0 saturated heterocycles. The molecule has 2 rings (SSSR count). The van der Waals surface area contributed by atoms with E-state index in [0.717, 1.165) is 15.7 Å². The van der Waals surface area contributed by atoms with Gasteiger partial charge in [0, 0.05) is 24.6 Å². The number of nitrogens with one attached hydrogen (secondary N) is 1. The average Bonchev–Trinajstić information content (AvgIpc) is 2.30. The van der Waals surface area contributed by atoms with Crippen LogP contribution in [0.4, 0.5) is 11.6 Å². The second-order valence-corrected chi connectivity index (χ2v) is 4.19. The molecule has 0 fully saturated rings. The molecule has 0 spiro atoms. The predicted octanol–water partition coefficient (Wildman–Crippen LogP) is 2.43. The SMILES string of the molecule is Nc1ccccc1CNc1ncc(Br)cn1. The highest BCUT2D eigenvalue weighted by Gasteiger charge is 1.99. The number of rotatable bonds is 3. The van der Waals surface area contributed by atoms with Gasteiger partial charge in [0.1, 0.15) is 0 Å². The number of nitrogens with two attached hydrogens (primary N) is 1. The number of hydrogen-bond donors (Lipinski definition) is 2. The second kappa shape index (κ2) is 4.94. The third kappa shape index (κ3) is 2.70. The molecule has 1 aromatic heterocycles. The summed E-state index contributed by atoms with van der Waals surface area (Å²) >= 11 is 3.28. The maximum absolute atomic E-state index is 5.82. The van der Waals surface area contributed by atoms with Crippen molar-refractivity contribution in [2.75, 3.05) is 11.1 Å². The monoisotopic (exact) mass is 278 g/mol. The van der Waals surface area contributed by atoms with Crippen LogP contribution in [-0.4, -0.2) is 9.97 Å². The standard InChI is InChI=1S/C11H11BrN4/c12-9-6-15-11(16-7-9)14-5-8-3-1-2-4-10(8)13/h1-4,6-7H,5,13H2,(H,14,15,16). The quantitative estimate of drug-likeness (QED) is 0.847. The fraction of sp³-hybridized carbons (Fsp3) is 0.0909. The van der Waals surface area contributed by atoms with Gasteiger partial charge in [0.15, 0.2) is 0 Å². The predicted molar refractivity (Wildman–Crippen MR) is 67.9 cm³/mol. The van der Waals surface area contributed by atoms with Crippen molar-refractivity contribution in [3.63, 3.8) is 0 Å². The summed E-state index contributed by atoms with van der Waals surface area (Å²) in [5, 5.41) is 3.11. The molecule has 0 atom stereocenters. The van der Waals surface area contributed by atoms with Gasteiger partial charge in [-0.15, -0.1) is 0 Å². The first-order chi connectivity index (χ1) is 7.75. The third-order valence-corrected chi connectivity index (χ3v) is 2.52. The topological polar surface area (TPSA) is 63.8 Å². The summed E-state index contributed by atoms with van der Waals surface area (Å²) in [7, 11) is 0. The number of nitrogens with zero attached hydrogens (tertiary/aromatic N) is 2. The maximum Gasteiger partial charge on any atom is 0.222 e. The minimum atomic E-state index is 0.589. The van der Waals surface area contributed by atoms with Crippen LogP contribution in [0, 0.1) is 0 Å². The Bertz CT molecular complexity index is 470. The largest absolute Gasteiger partial charge is 0.398 e. The lowest BCUT2D eigenvalue weighted by atomic mass is 10.2. The van der Waals surface area contributed by atoms with Crippen LogP contribution in [0.3, 0.4) is 0 Å². The molecule has 1 heterocycles. The summed E-state index contributed by atoms with van der Waals surface area (Å²) in [6.07, 6.45) is 3.40. The van der Waals surface area contributed by atoms with Crippen LogP contribution in [0.5, 0.6) is 0 Å². The zero-order chi connectivity index (χ0) is 11.4. The van der Waals surface area contributed by atoms with E-state index >= 15 is 0 Å². The minimum absolute atomic E-state index is 0.589. The molecule has 5 heteroatoms. The Morgan fingerprint density at radius 2 is 1.88 bits per heavy atom. The highest BCUT2D eigenvalue weighted by molar-refractivity contribution is 9.10. The zero-order valence-corrected chi connectivity index (χ0v) is 10.1. The van der Waals surface area contributed by atoms with Crippen LogP contribution in [0.15, 0.2) is 41.1 Å². The van der Waals surface area contributed by atoms with Crippen LogP contribution < -0.4 is 11.1 Å². The van der Waals surface area contributed by atoms with Gasteiger partial charge >= 0.3 is 0 Å². The van der Waals surface area contributed by atoms with Crippen molar-refractivity contribution in [2.45, 2.75) is 6.54 Å². The molecule has 3 N–H and O–H groups in total. The Morgan fingerprint density at radius 3 is 2.56 bits per heavy atom. The van der Waals surface area contributed by atoms with Crippen molar-refractivity contribution >= 4 is 27.6 Å². The van der Waals surface area contributed by atoms with Gasteiger partial charge in [0.05, 0.1) is 4.47 Å². The summed E-state index contributed by atoms with van der Waals surface area (Å²) in [6, 6.07) is 7.71. The van der Waals surface area contributed by atoms with E-state index in [0.29, 0.717) is 12.5 Å². The molecule has 0 radical (unpaired) electrons. The number of halogens is 1. The van der Waals surface area contributed by atoms with Gasteiger partial charge in [-0.1, -0.05) is 18.2 Å². The molecule has 4 nitrogen and oxygen atoms in total. The van der Waals surface area contributed by atoms with E-state index in [2.05, 4.69) is 31.2 Å². The van der Waals surface area contributed by atoms with Gasteiger partial charge in [-0.2, -0.15) is 0 Å². The van der Waals surface area contributed by atoms with Gasteiger partial charge in [-0.05, 0) is 27.6 Å². The van der Waals surface area contributed by atoms with E-state index in [1.54, 1.807) is 12.4 Å². The summed E-state index contributed by atoms with van der Waals surface area (Å²) in [6.45, 7) is 0.619. The minimum Gasteiger partial charge on any atom is -0.398 e. The van der Waals surface area contributed by atoms with Crippen molar-refractivity contribution in [2.24, 2.45) is 0 Å². The fourth-order valence-corrected chi connectivity index (χ4v) is 1.48. The van der Waals surface area contributed by atoms with Crippen LogP contribution in [0.2, 0.25) is 0 Å². The van der Waals surface area contributed by atoms with Crippen molar-refractivity contribution in [1.82, 2.24) is 9.97 Å². The number of anilines is 2. The fourth-order valence-electron chi connectivity index (χ4n) is 1.27. The Balaban J connectivity index is 2.02. The van der Waals surface area contributed by atoms with Crippen LogP contribution in [-0.2, 0) is 6.54 Å². The van der Waals surface area contributed by atoms with E-state index in [4.69, 9.17) is 5.73 Å². The van der Waals surface area contributed by atoms with Gasteiger partial charge in [0.25, 0.3) is 0 Å². The van der Waals surface area contributed by atoms with Crippen LogP contribution >= 0.6 is 15.9 Å². The molecule has 0 aliphatic carbocycles. The van der Waals surface area contributed by atoms with E-state index in [-0.39, 0.29) is 0 Å². The Hall–Kier alpha value is -1.62. The molecular formula is C11H11BrN4. The Labute approximate surface area is 102 Å². The second-order valence-electron chi connectivity index (χ2n) is 3.28. The van der Waals surface area contributed by atoms with Crippen molar-refractivity contribution in [3.05, 3.63) is 46.7 Å². The number of aromatic nitrogens is 2. The van der Waals surface area contributed by atoms with Crippen LogP contribution in [0.25, 0.3) is 0 Å². The highest BCUT2D eigenvalue weighted by Crippen LogP contribution is 2.12. The van der Waals surface area contributed by atoms with Gasteiger partial charge in [-0.3, -0.25) is 0 Å². The van der Waals surface area contributed by atoms with E-state index in [1.807, 2.05) is 24.3 Å². The summed E-state index contributed by atoms with van der Waals surface area (Å²) in [4.78, 5) is 8.23. The maximum atomic E-state index is 5.82. The smallest absolute Gasteiger partial charge is 0.222 e. The molecule has 82 valence electrons. The first kappa shape index (κ1) is 10.9. The number of nitrogen functional groups attached to an aromatic ring is 1. The Morgan fingerprint density at radius 1 is 1.19 bits per heavy atom. The van der Waals surface area contributed by atoms with Gasteiger partial charge in [0.2, 0.25) is 5.95 Å². The molecule has 0 bridgehead atoms. The molecule has 1 aromatic carbocycles. The van der Waals surface area contributed by atoms with Crippen molar-refractivity contribution in [1.29, 1.82) is 0 Å². The molecular weight excluding hydrogens is 268 g/mol. The average molecular weight is 279 g/mol. The van der Waals surface area contributed by atoms with Crippen molar-refractivity contribution < 1.29 is 0 Å². The summed E-state index contributed by atoms with van der Waals surface area (Å²) in [5.41, 5.74) is 7.63. The molecule has 2 aromatic rings. The van der Waals surface area contributed by atoms with E-state index in [1.165, 1.54) is 0 Å². The first-order valence-corrected chi connectivity index (χ1v) is 5.60. The van der Waals surface area contributed by atoms with Gasteiger partial charge in [-0.25, -0.2) is 9.97 Å². The Kier molecular flexibility index (Phi) is 3.36. The molecule has 0 unspecified atom stereocenters.